The van der Waals surface area contributed by atoms with Crippen LogP contribution in [0.5, 0.6) is 0 Å². The molecule has 1 aromatic carbocycles. The Morgan fingerprint density at radius 3 is 2.77 bits per heavy atom. The van der Waals surface area contributed by atoms with E-state index in [9.17, 15) is 4.79 Å². The summed E-state index contributed by atoms with van der Waals surface area (Å²) in [5, 5.41) is 12.9. The Kier molecular flexibility index (Phi) is 4.27. The van der Waals surface area contributed by atoms with Gasteiger partial charge in [-0.25, -0.2) is 9.78 Å². The van der Waals surface area contributed by atoms with Crippen molar-refractivity contribution in [3.8, 4) is 0 Å². The van der Waals surface area contributed by atoms with Crippen molar-refractivity contribution in [1.29, 1.82) is 0 Å². The molecule has 1 aliphatic heterocycles. The first-order valence-electron chi connectivity index (χ1n) is 6.97. The van der Waals surface area contributed by atoms with Crippen molar-refractivity contribution in [3.63, 3.8) is 0 Å². The molecule has 114 valence electrons. The molecule has 3 rings (SSSR count). The highest BCUT2D eigenvalue weighted by molar-refractivity contribution is 6.30. The van der Waals surface area contributed by atoms with Gasteiger partial charge < -0.3 is 15.2 Å². The Labute approximate surface area is 132 Å². The number of hydrogen-bond donors (Lipinski definition) is 2. The summed E-state index contributed by atoms with van der Waals surface area (Å²) in [5.41, 5.74) is 1.06. The third-order valence-electron chi connectivity index (χ3n) is 3.59. The molecule has 2 unspecified atom stereocenters. The van der Waals surface area contributed by atoms with E-state index in [1.807, 2.05) is 24.3 Å². The number of aromatic carboxylic acids is 1. The number of halogens is 1. The maximum atomic E-state index is 11.0. The number of pyridine rings is 1. The molecule has 2 heterocycles. The Morgan fingerprint density at radius 1 is 1.27 bits per heavy atom. The summed E-state index contributed by atoms with van der Waals surface area (Å²) in [4.78, 5) is 15.1. The van der Waals surface area contributed by atoms with Gasteiger partial charge in [0.05, 0.1) is 6.04 Å². The summed E-state index contributed by atoms with van der Waals surface area (Å²) in [7, 11) is 0. The maximum Gasteiger partial charge on any atom is 0.354 e. The molecule has 5 nitrogen and oxygen atoms in total. The predicted octanol–water partition coefficient (Wildman–Crippen LogP) is 3.38. The molecule has 2 atom stereocenters. The van der Waals surface area contributed by atoms with E-state index in [2.05, 4.69) is 10.3 Å². The van der Waals surface area contributed by atoms with Crippen LogP contribution < -0.4 is 5.32 Å². The van der Waals surface area contributed by atoms with Crippen LogP contribution in [0, 0.1) is 0 Å². The van der Waals surface area contributed by atoms with Crippen molar-refractivity contribution in [3.05, 3.63) is 58.7 Å². The van der Waals surface area contributed by atoms with E-state index >= 15 is 0 Å². The number of carboxylic acid groups (broad SMARTS) is 1. The van der Waals surface area contributed by atoms with Crippen LogP contribution in [-0.4, -0.2) is 28.7 Å². The molecule has 6 heteroatoms. The van der Waals surface area contributed by atoms with Gasteiger partial charge >= 0.3 is 5.97 Å². The highest BCUT2D eigenvalue weighted by Gasteiger charge is 2.30. The molecule has 0 spiro atoms. The molecule has 22 heavy (non-hydrogen) atoms. The van der Waals surface area contributed by atoms with E-state index < -0.39 is 5.97 Å². The zero-order valence-corrected chi connectivity index (χ0v) is 12.5. The van der Waals surface area contributed by atoms with Crippen LogP contribution in [0.2, 0.25) is 5.02 Å². The van der Waals surface area contributed by atoms with Gasteiger partial charge in [0.15, 0.2) is 5.69 Å². The van der Waals surface area contributed by atoms with Crippen molar-refractivity contribution in [2.45, 2.75) is 18.6 Å². The lowest BCUT2D eigenvalue weighted by Crippen LogP contribution is -2.24. The number of rotatable bonds is 4. The molecule has 0 aliphatic carbocycles. The second kappa shape index (κ2) is 6.34. The Hall–Kier alpha value is -2.11. The van der Waals surface area contributed by atoms with Crippen molar-refractivity contribution in [1.82, 2.24) is 4.98 Å². The lowest BCUT2D eigenvalue weighted by Gasteiger charge is -2.21. The average Bonchev–Trinajstić information content (AvgIpc) is 2.96. The average molecular weight is 319 g/mol. The van der Waals surface area contributed by atoms with Crippen molar-refractivity contribution < 1.29 is 14.6 Å². The van der Waals surface area contributed by atoms with E-state index in [0.29, 0.717) is 17.4 Å². The lowest BCUT2D eigenvalue weighted by atomic mass is 10.0. The van der Waals surface area contributed by atoms with E-state index in [1.165, 1.54) is 6.07 Å². The standard InChI is InChI=1S/C16H15ClN2O3/c17-11-6-4-10(5-7-11)15-12(8-9-22-15)18-14-3-1-2-13(19-14)16(20)21/h1-7,12,15H,8-9H2,(H,18,19)(H,20,21). The Bertz CT molecular complexity index is 675. The minimum absolute atomic E-state index is 0.0203. The fourth-order valence-corrected chi connectivity index (χ4v) is 2.67. The largest absolute Gasteiger partial charge is 0.477 e. The van der Waals surface area contributed by atoms with Crippen LogP contribution in [0.25, 0.3) is 0 Å². The van der Waals surface area contributed by atoms with Gasteiger partial charge in [0, 0.05) is 11.6 Å². The molecule has 0 amide bonds. The number of hydrogen-bond acceptors (Lipinski definition) is 4. The van der Waals surface area contributed by atoms with Crippen LogP contribution in [0.1, 0.15) is 28.6 Å². The first-order chi connectivity index (χ1) is 10.6. The first kappa shape index (κ1) is 14.8. The van der Waals surface area contributed by atoms with Gasteiger partial charge in [0.25, 0.3) is 0 Å². The zero-order chi connectivity index (χ0) is 15.5. The fraction of sp³-hybridized carbons (Fsp3) is 0.250. The molecular formula is C16H15ClN2O3. The Balaban J connectivity index is 1.77. The number of ether oxygens (including phenoxy) is 1. The number of carboxylic acids is 1. The molecular weight excluding hydrogens is 304 g/mol. The van der Waals surface area contributed by atoms with Crippen molar-refractivity contribution in [2.75, 3.05) is 11.9 Å². The molecule has 2 N–H and O–H groups in total. The molecule has 1 aliphatic rings. The van der Waals surface area contributed by atoms with E-state index in [0.717, 1.165) is 12.0 Å². The highest BCUT2D eigenvalue weighted by Crippen LogP contribution is 2.31. The minimum Gasteiger partial charge on any atom is -0.477 e. The number of carbonyl (C=O) groups is 1. The van der Waals surface area contributed by atoms with Crippen LogP contribution in [0.3, 0.4) is 0 Å². The predicted molar refractivity (Wildman–Crippen MR) is 83.4 cm³/mol. The second-order valence-corrected chi connectivity index (χ2v) is 5.53. The molecule has 0 saturated carbocycles. The minimum atomic E-state index is -1.04. The lowest BCUT2D eigenvalue weighted by molar-refractivity contribution is 0.0690. The molecule has 1 saturated heterocycles. The summed E-state index contributed by atoms with van der Waals surface area (Å²) in [5.74, 6) is -0.505. The van der Waals surface area contributed by atoms with Crippen molar-refractivity contribution in [2.24, 2.45) is 0 Å². The highest BCUT2D eigenvalue weighted by atomic mass is 35.5. The van der Waals surface area contributed by atoms with Gasteiger partial charge in [0.2, 0.25) is 0 Å². The molecule has 1 fully saturated rings. The number of benzene rings is 1. The molecule has 2 aromatic rings. The summed E-state index contributed by atoms with van der Waals surface area (Å²) >= 11 is 5.91. The number of nitrogens with zero attached hydrogens (tertiary/aromatic N) is 1. The number of anilines is 1. The molecule has 0 radical (unpaired) electrons. The van der Waals surface area contributed by atoms with Gasteiger partial charge in [-0.2, -0.15) is 0 Å². The number of nitrogens with one attached hydrogen (secondary N) is 1. The quantitative estimate of drug-likeness (QED) is 0.904. The summed E-state index contributed by atoms with van der Waals surface area (Å²) in [6.07, 6.45) is 0.722. The number of aromatic nitrogens is 1. The van der Waals surface area contributed by atoms with Crippen LogP contribution >= 0.6 is 11.6 Å². The first-order valence-corrected chi connectivity index (χ1v) is 7.35. The zero-order valence-electron chi connectivity index (χ0n) is 11.7. The van der Waals surface area contributed by atoms with Gasteiger partial charge in [-0.15, -0.1) is 0 Å². The third kappa shape index (κ3) is 3.21. The van der Waals surface area contributed by atoms with Crippen LogP contribution in [0.4, 0.5) is 5.82 Å². The fourth-order valence-electron chi connectivity index (χ4n) is 2.54. The third-order valence-corrected chi connectivity index (χ3v) is 3.84. The normalized spacial score (nSPS) is 20.8. The molecule has 0 bridgehead atoms. The Morgan fingerprint density at radius 2 is 2.05 bits per heavy atom. The van der Waals surface area contributed by atoms with E-state index in [-0.39, 0.29) is 17.8 Å². The molecule has 1 aromatic heterocycles. The van der Waals surface area contributed by atoms with E-state index in [4.69, 9.17) is 21.4 Å². The van der Waals surface area contributed by atoms with E-state index in [1.54, 1.807) is 12.1 Å². The van der Waals surface area contributed by atoms with Gasteiger partial charge in [-0.3, -0.25) is 0 Å². The van der Waals surface area contributed by atoms with Crippen LogP contribution in [-0.2, 0) is 4.74 Å². The van der Waals surface area contributed by atoms with Gasteiger partial charge in [-0.05, 0) is 36.2 Å². The maximum absolute atomic E-state index is 11.0. The van der Waals surface area contributed by atoms with Gasteiger partial charge in [0.1, 0.15) is 11.9 Å². The summed E-state index contributed by atoms with van der Waals surface area (Å²) in [6, 6.07) is 12.5. The summed E-state index contributed by atoms with van der Waals surface area (Å²) in [6.45, 7) is 0.642. The van der Waals surface area contributed by atoms with Gasteiger partial charge in [-0.1, -0.05) is 29.8 Å². The summed E-state index contributed by atoms with van der Waals surface area (Å²) < 4.78 is 5.79. The topological polar surface area (TPSA) is 71.5 Å². The SMILES string of the molecule is O=C(O)c1cccc(NC2CCOC2c2ccc(Cl)cc2)n1. The van der Waals surface area contributed by atoms with Crippen LogP contribution in [0.15, 0.2) is 42.5 Å². The monoisotopic (exact) mass is 318 g/mol. The second-order valence-electron chi connectivity index (χ2n) is 5.10. The van der Waals surface area contributed by atoms with Crippen molar-refractivity contribution >= 4 is 23.4 Å². The smallest absolute Gasteiger partial charge is 0.354 e.